The second-order valence-electron chi connectivity index (χ2n) is 9.66. The molecule has 1 atom stereocenters. The average molecular weight is 449 g/mol. The molecule has 0 spiro atoms. The van der Waals surface area contributed by atoms with Crippen molar-refractivity contribution in [3.05, 3.63) is 54.6 Å². The van der Waals surface area contributed by atoms with Crippen LogP contribution in [0.1, 0.15) is 39.0 Å². The molecule has 1 aliphatic carbocycles. The molecule has 3 fully saturated rings. The molecule has 0 radical (unpaired) electrons. The molecule has 2 aliphatic heterocycles. The maximum absolute atomic E-state index is 13.4. The van der Waals surface area contributed by atoms with E-state index in [4.69, 9.17) is 4.74 Å². The quantitative estimate of drug-likeness (QED) is 0.719. The molecule has 1 saturated carbocycles. The Hall–Kier alpha value is -2.57. The molecule has 0 bridgehead atoms. The topological polar surface area (TPSA) is 48.0 Å². The standard InChI is InChI=1S/C27H36N4O2/c1-21-20-30(23-10-8-22(9-11-23)29-18-5-16-28-17-19-29)27(32)31(21)24-12-14-26(15-13-24)33-25-6-3-2-4-7-25/h2-4,6-7,12-15,21-23,28H,5,8-11,16-20H2,1H3. The Bertz CT molecular complexity index is 903. The number of rotatable bonds is 5. The molecule has 1 unspecified atom stereocenters. The summed E-state index contributed by atoms with van der Waals surface area (Å²) in [5, 5.41) is 3.51. The normalized spacial score (nSPS) is 26.9. The average Bonchev–Trinajstić information content (AvgIpc) is 3.01. The smallest absolute Gasteiger partial charge is 0.325 e. The molecule has 6 nitrogen and oxygen atoms in total. The minimum absolute atomic E-state index is 0.154. The summed E-state index contributed by atoms with van der Waals surface area (Å²) in [6, 6.07) is 19.1. The van der Waals surface area contributed by atoms with Crippen molar-refractivity contribution in [1.82, 2.24) is 15.1 Å². The van der Waals surface area contributed by atoms with Gasteiger partial charge in [-0.3, -0.25) is 9.80 Å². The first-order chi connectivity index (χ1) is 16.2. The molecule has 2 amide bonds. The molecule has 5 rings (SSSR count). The van der Waals surface area contributed by atoms with Crippen molar-refractivity contribution in [3.8, 4) is 11.5 Å². The highest BCUT2D eigenvalue weighted by atomic mass is 16.5. The van der Waals surface area contributed by atoms with Crippen LogP contribution in [0.4, 0.5) is 10.5 Å². The van der Waals surface area contributed by atoms with E-state index in [1.165, 1.54) is 25.8 Å². The number of nitrogens with one attached hydrogen (secondary N) is 1. The number of ether oxygens (including phenoxy) is 1. The second kappa shape index (κ2) is 10.1. The minimum atomic E-state index is 0.154. The first kappa shape index (κ1) is 22.2. The van der Waals surface area contributed by atoms with E-state index in [1.807, 2.05) is 59.5 Å². The Morgan fingerprint density at radius 2 is 1.55 bits per heavy atom. The summed E-state index contributed by atoms with van der Waals surface area (Å²) in [7, 11) is 0. The lowest BCUT2D eigenvalue weighted by atomic mass is 9.89. The third-order valence-corrected chi connectivity index (χ3v) is 7.45. The molecule has 6 heteroatoms. The Labute approximate surface area is 197 Å². The molecule has 3 aliphatic rings. The Morgan fingerprint density at radius 1 is 0.848 bits per heavy atom. The van der Waals surface area contributed by atoms with Crippen LogP contribution in [0.3, 0.4) is 0 Å². The summed E-state index contributed by atoms with van der Waals surface area (Å²) in [4.78, 5) is 20.2. The van der Waals surface area contributed by atoms with Gasteiger partial charge in [-0.05, 0) is 88.5 Å². The van der Waals surface area contributed by atoms with Gasteiger partial charge in [-0.25, -0.2) is 4.79 Å². The predicted molar refractivity (Wildman–Crippen MR) is 132 cm³/mol. The third-order valence-electron chi connectivity index (χ3n) is 7.45. The van der Waals surface area contributed by atoms with E-state index in [-0.39, 0.29) is 12.1 Å². The number of carbonyl (C=O) groups is 1. The van der Waals surface area contributed by atoms with Crippen LogP contribution < -0.4 is 15.0 Å². The van der Waals surface area contributed by atoms with Crippen LogP contribution in [0.2, 0.25) is 0 Å². The van der Waals surface area contributed by atoms with Crippen molar-refractivity contribution in [2.45, 2.75) is 57.2 Å². The fraction of sp³-hybridized carbons (Fsp3) is 0.519. The summed E-state index contributed by atoms with van der Waals surface area (Å²) in [5.74, 6) is 1.59. The monoisotopic (exact) mass is 448 g/mol. The van der Waals surface area contributed by atoms with Gasteiger partial charge in [-0.1, -0.05) is 18.2 Å². The van der Waals surface area contributed by atoms with Gasteiger partial charge in [0.05, 0.1) is 6.04 Å². The lowest BCUT2D eigenvalue weighted by Gasteiger charge is -2.39. The highest BCUT2D eigenvalue weighted by Crippen LogP contribution is 2.33. The number of hydrogen-bond acceptors (Lipinski definition) is 4. The van der Waals surface area contributed by atoms with Crippen LogP contribution in [0.25, 0.3) is 0 Å². The van der Waals surface area contributed by atoms with Gasteiger partial charge in [0.1, 0.15) is 11.5 Å². The minimum Gasteiger partial charge on any atom is -0.457 e. The zero-order valence-electron chi connectivity index (χ0n) is 19.7. The highest BCUT2D eigenvalue weighted by molar-refractivity contribution is 5.95. The van der Waals surface area contributed by atoms with E-state index < -0.39 is 0 Å². The molecule has 33 heavy (non-hydrogen) atoms. The summed E-state index contributed by atoms with van der Waals surface area (Å²) < 4.78 is 5.91. The summed E-state index contributed by atoms with van der Waals surface area (Å²) >= 11 is 0. The van der Waals surface area contributed by atoms with Crippen LogP contribution in [-0.2, 0) is 0 Å². The highest BCUT2D eigenvalue weighted by Gasteiger charge is 2.40. The molecule has 2 aromatic rings. The van der Waals surface area contributed by atoms with Gasteiger partial charge in [-0.15, -0.1) is 0 Å². The van der Waals surface area contributed by atoms with E-state index in [1.54, 1.807) is 0 Å². The Balaban J connectivity index is 1.19. The lowest BCUT2D eigenvalue weighted by molar-refractivity contribution is 0.119. The van der Waals surface area contributed by atoms with E-state index in [0.717, 1.165) is 56.2 Å². The number of amides is 2. The summed E-state index contributed by atoms with van der Waals surface area (Å²) in [6.07, 6.45) is 5.88. The molecule has 176 valence electrons. The third kappa shape index (κ3) is 5.02. The zero-order valence-corrected chi connectivity index (χ0v) is 19.7. The fourth-order valence-corrected chi connectivity index (χ4v) is 5.71. The van der Waals surface area contributed by atoms with E-state index in [0.29, 0.717) is 12.1 Å². The summed E-state index contributed by atoms with van der Waals surface area (Å²) in [5.41, 5.74) is 0.946. The Morgan fingerprint density at radius 3 is 2.30 bits per heavy atom. The summed E-state index contributed by atoms with van der Waals surface area (Å²) in [6.45, 7) is 7.58. The van der Waals surface area contributed by atoms with Crippen LogP contribution in [0.5, 0.6) is 11.5 Å². The molecule has 2 aromatic carbocycles. The first-order valence-electron chi connectivity index (χ1n) is 12.6. The zero-order chi connectivity index (χ0) is 22.6. The SMILES string of the molecule is CC1CN(C2CCC(N3CCCNCC3)CC2)C(=O)N1c1ccc(Oc2ccccc2)cc1. The number of benzene rings is 2. The van der Waals surface area contributed by atoms with Crippen LogP contribution >= 0.6 is 0 Å². The molecule has 1 N–H and O–H groups in total. The predicted octanol–water partition coefficient (Wildman–Crippen LogP) is 4.72. The molecular formula is C27H36N4O2. The molecule has 2 heterocycles. The van der Waals surface area contributed by atoms with Crippen molar-refractivity contribution in [3.63, 3.8) is 0 Å². The number of urea groups is 1. The lowest BCUT2D eigenvalue weighted by Crippen LogP contribution is -2.46. The fourth-order valence-electron chi connectivity index (χ4n) is 5.71. The number of para-hydroxylation sites is 1. The van der Waals surface area contributed by atoms with Gasteiger partial charge in [0.15, 0.2) is 0 Å². The van der Waals surface area contributed by atoms with Crippen molar-refractivity contribution in [1.29, 1.82) is 0 Å². The van der Waals surface area contributed by atoms with Crippen molar-refractivity contribution < 1.29 is 9.53 Å². The number of anilines is 1. The molecular weight excluding hydrogens is 412 g/mol. The van der Waals surface area contributed by atoms with E-state index in [9.17, 15) is 4.79 Å². The van der Waals surface area contributed by atoms with Gasteiger partial charge < -0.3 is 15.0 Å². The maximum atomic E-state index is 13.4. The largest absolute Gasteiger partial charge is 0.457 e. The van der Waals surface area contributed by atoms with Gasteiger partial charge in [0, 0.05) is 37.4 Å². The van der Waals surface area contributed by atoms with Gasteiger partial charge in [-0.2, -0.15) is 0 Å². The van der Waals surface area contributed by atoms with Crippen LogP contribution in [-0.4, -0.2) is 66.7 Å². The first-order valence-corrected chi connectivity index (χ1v) is 12.6. The molecule has 2 saturated heterocycles. The van der Waals surface area contributed by atoms with Crippen LogP contribution in [0.15, 0.2) is 54.6 Å². The van der Waals surface area contributed by atoms with Gasteiger partial charge in [0.25, 0.3) is 0 Å². The molecule has 0 aromatic heterocycles. The van der Waals surface area contributed by atoms with Crippen LogP contribution in [0, 0.1) is 0 Å². The van der Waals surface area contributed by atoms with Crippen molar-refractivity contribution in [2.24, 2.45) is 0 Å². The Kier molecular flexibility index (Phi) is 6.83. The van der Waals surface area contributed by atoms with E-state index in [2.05, 4.69) is 22.0 Å². The second-order valence-corrected chi connectivity index (χ2v) is 9.66. The number of hydrogen-bond donors (Lipinski definition) is 1. The van der Waals surface area contributed by atoms with Crippen molar-refractivity contribution >= 4 is 11.7 Å². The van der Waals surface area contributed by atoms with Crippen molar-refractivity contribution in [2.75, 3.05) is 37.6 Å². The number of carbonyl (C=O) groups excluding carboxylic acids is 1. The van der Waals surface area contributed by atoms with E-state index >= 15 is 0 Å². The van der Waals surface area contributed by atoms with Gasteiger partial charge >= 0.3 is 6.03 Å². The number of nitrogens with zero attached hydrogens (tertiary/aromatic N) is 3. The van der Waals surface area contributed by atoms with Gasteiger partial charge in [0.2, 0.25) is 0 Å². The maximum Gasteiger partial charge on any atom is 0.325 e.